The van der Waals surface area contributed by atoms with Crippen molar-refractivity contribution in [2.75, 3.05) is 6.61 Å². The average molecular weight is 210 g/mol. The maximum atomic E-state index is 9.57. The van der Waals surface area contributed by atoms with Gasteiger partial charge < -0.3 is 14.9 Å². The summed E-state index contributed by atoms with van der Waals surface area (Å²) in [4.78, 5) is 0. The number of aliphatic hydroxyl groups excluding tert-OH is 1. The molecule has 15 heavy (non-hydrogen) atoms. The lowest BCUT2D eigenvalue weighted by Crippen LogP contribution is -2.19. The topological polar surface area (TPSA) is 49.7 Å². The van der Waals surface area contributed by atoms with Crippen LogP contribution in [0, 0.1) is 5.92 Å². The Morgan fingerprint density at radius 3 is 2.53 bits per heavy atom. The number of ether oxygens (including phenoxy) is 1. The van der Waals surface area contributed by atoms with Crippen LogP contribution in [0.5, 0.6) is 11.5 Å². The predicted octanol–water partition coefficient (Wildman–Crippen LogP) is 2.18. The maximum Gasteiger partial charge on any atom is 0.161 e. The van der Waals surface area contributed by atoms with Gasteiger partial charge >= 0.3 is 0 Å². The number of benzene rings is 1. The van der Waals surface area contributed by atoms with E-state index in [0.717, 1.165) is 0 Å². The van der Waals surface area contributed by atoms with E-state index in [1.807, 2.05) is 13.8 Å². The second-order valence-electron chi connectivity index (χ2n) is 4.06. The zero-order valence-corrected chi connectivity index (χ0v) is 9.18. The van der Waals surface area contributed by atoms with E-state index in [-0.39, 0.29) is 12.4 Å². The van der Waals surface area contributed by atoms with Gasteiger partial charge in [-0.3, -0.25) is 0 Å². The molecule has 1 atom stereocenters. The van der Waals surface area contributed by atoms with Crippen molar-refractivity contribution in [3.63, 3.8) is 0 Å². The van der Waals surface area contributed by atoms with E-state index in [2.05, 4.69) is 0 Å². The Hall–Kier alpha value is -1.22. The Bertz CT molecular complexity index is 297. The first-order valence-electron chi connectivity index (χ1n) is 5.18. The van der Waals surface area contributed by atoms with Gasteiger partial charge in [0, 0.05) is 0 Å². The lowest BCUT2D eigenvalue weighted by molar-refractivity contribution is 0.0879. The number of aliphatic hydroxyl groups is 1. The highest BCUT2D eigenvalue weighted by Gasteiger charge is 2.08. The number of hydrogen-bond acceptors (Lipinski definition) is 3. The first-order valence-corrected chi connectivity index (χ1v) is 5.18. The number of aromatic hydroxyl groups is 1. The van der Waals surface area contributed by atoms with Gasteiger partial charge in [-0.05, 0) is 24.5 Å². The molecule has 0 amide bonds. The summed E-state index contributed by atoms with van der Waals surface area (Å²) in [7, 11) is 0. The smallest absolute Gasteiger partial charge is 0.161 e. The van der Waals surface area contributed by atoms with Crippen LogP contribution in [0.3, 0.4) is 0 Å². The summed E-state index contributed by atoms with van der Waals surface area (Å²) in [5, 5.41) is 19.0. The Morgan fingerprint density at radius 1 is 1.27 bits per heavy atom. The van der Waals surface area contributed by atoms with Crippen molar-refractivity contribution in [2.24, 2.45) is 5.92 Å². The van der Waals surface area contributed by atoms with Crippen LogP contribution in [0.15, 0.2) is 24.3 Å². The first-order chi connectivity index (χ1) is 7.09. The SMILES string of the molecule is CC(C)CC(O)COc1ccccc1O. The van der Waals surface area contributed by atoms with Gasteiger partial charge in [-0.15, -0.1) is 0 Å². The van der Waals surface area contributed by atoms with Crippen LogP contribution in [0.1, 0.15) is 20.3 Å². The fourth-order valence-electron chi connectivity index (χ4n) is 1.38. The predicted molar refractivity (Wildman–Crippen MR) is 59.1 cm³/mol. The third-order valence-electron chi connectivity index (χ3n) is 2.04. The summed E-state index contributed by atoms with van der Waals surface area (Å²) in [6, 6.07) is 6.75. The van der Waals surface area contributed by atoms with Crippen LogP contribution in [0.25, 0.3) is 0 Å². The van der Waals surface area contributed by atoms with Crippen LogP contribution < -0.4 is 4.74 Å². The Labute approximate surface area is 90.3 Å². The second kappa shape index (κ2) is 5.61. The van der Waals surface area contributed by atoms with E-state index in [1.165, 1.54) is 0 Å². The third kappa shape index (κ3) is 4.21. The van der Waals surface area contributed by atoms with E-state index in [0.29, 0.717) is 18.1 Å². The molecule has 2 N–H and O–H groups in total. The molecule has 1 rings (SSSR count). The fraction of sp³-hybridized carbons (Fsp3) is 0.500. The molecular weight excluding hydrogens is 192 g/mol. The largest absolute Gasteiger partial charge is 0.504 e. The maximum absolute atomic E-state index is 9.57. The van der Waals surface area contributed by atoms with Crippen molar-refractivity contribution >= 4 is 0 Å². The van der Waals surface area contributed by atoms with Crippen molar-refractivity contribution in [1.29, 1.82) is 0 Å². The van der Waals surface area contributed by atoms with Crippen LogP contribution in [0.4, 0.5) is 0 Å². The van der Waals surface area contributed by atoms with Crippen molar-refractivity contribution in [3.8, 4) is 11.5 Å². The van der Waals surface area contributed by atoms with E-state index < -0.39 is 6.10 Å². The monoisotopic (exact) mass is 210 g/mol. The highest BCUT2D eigenvalue weighted by molar-refractivity contribution is 5.37. The molecule has 3 nitrogen and oxygen atoms in total. The summed E-state index contributed by atoms with van der Waals surface area (Å²) in [5.41, 5.74) is 0. The normalized spacial score (nSPS) is 12.8. The van der Waals surface area contributed by atoms with Crippen molar-refractivity contribution in [1.82, 2.24) is 0 Å². The summed E-state index contributed by atoms with van der Waals surface area (Å²) < 4.78 is 5.30. The molecule has 0 spiro atoms. The fourth-order valence-corrected chi connectivity index (χ4v) is 1.38. The van der Waals surface area contributed by atoms with Gasteiger partial charge in [0.1, 0.15) is 6.61 Å². The molecule has 0 aliphatic carbocycles. The minimum absolute atomic E-state index is 0.106. The molecule has 0 radical (unpaired) electrons. The Balaban J connectivity index is 2.40. The van der Waals surface area contributed by atoms with Gasteiger partial charge in [-0.2, -0.15) is 0 Å². The lowest BCUT2D eigenvalue weighted by atomic mass is 10.1. The highest BCUT2D eigenvalue weighted by Crippen LogP contribution is 2.24. The Morgan fingerprint density at radius 2 is 1.93 bits per heavy atom. The Kier molecular flexibility index (Phi) is 4.43. The molecule has 84 valence electrons. The van der Waals surface area contributed by atoms with E-state index in [9.17, 15) is 10.2 Å². The van der Waals surface area contributed by atoms with E-state index in [4.69, 9.17) is 4.74 Å². The highest BCUT2D eigenvalue weighted by atomic mass is 16.5. The summed E-state index contributed by atoms with van der Waals surface area (Å²) in [6.45, 7) is 4.31. The van der Waals surface area contributed by atoms with Gasteiger partial charge in [-0.25, -0.2) is 0 Å². The lowest BCUT2D eigenvalue weighted by Gasteiger charge is -2.14. The number of phenols is 1. The molecule has 1 unspecified atom stereocenters. The third-order valence-corrected chi connectivity index (χ3v) is 2.04. The first kappa shape index (κ1) is 11.9. The molecule has 0 aliphatic rings. The van der Waals surface area contributed by atoms with Gasteiger partial charge in [0.15, 0.2) is 11.5 Å². The summed E-state index contributed by atoms with van der Waals surface area (Å²) in [6.07, 6.45) is 0.220. The quantitative estimate of drug-likeness (QED) is 0.783. The second-order valence-corrected chi connectivity index (χ2v) is 4.06. The van der Waals surface area contributed by atoms with Gasteiger partial charge in [0.2, 0.25) is 0 Å². The molecule has 0 fully saturated rings. The minimum atomic E-state index is -0.482. The number of hydrogen-bond donors (Lipinski definition) is 2. The molecule has 3 heteroatoms. The molecular formula is C12H18O3. The van der Waals surface area contributed by atoms with E-state index >= 15 is 0 Å². The van der Waals surface area contributed by atoms with Crippen LogP contribution in [-0.2, 0) is 0 Å². The van der Waals surface area contributed by atoms with Gasteiger partial charge in [0.25, 0.3) is 0 Å². The van der Waals surface area contributed by atoms with E-state index in [1.54, 1.807) is 24.3 Å². The molecule has 0 saturated heterocycles. The molecule has 0 heterocycles. The molecule has 0 aromatic heterocycles. The number of phenolic OH excluding ortho intramolecular Hbond substituents is 1. The number of para-hydroxylation sites is 2. The van der Waals surface area contributed by atoms with Crippen molar-refractivity contribution < 1.29 is 14.9 Å². The zero-order valence-electron chi connectivity index (χ0n) is 9.18. The van der Waals surface area contributed by atoms with Crippen LogP contribution in [-0.4, -0.2) is 22.9 Å². The van der Waals surface area contributed by atoms with Crippen molar-refractivity contribution in [2.45, 2.75) is 26.4 Å². The van der Waals surface area contributed by atoms with Crippen LogP contribution >= 0.6 is 0 Å². The minimum Gasteiger partial charge on any atom is -0.504 e. The molecule has 0 aliphatic heterocycles. The van der Waals surface area contributed by atoms with Gasteiger partial charge in [0.05, 0.1) is 6.10 Å². The average Bonchev–Trinajstić information content (AvgIpc) is 2.15. The zero-order chi connectivity index (χ0) is 11.3. The molecule has 1 aromatic rings. The summed E-state index contributed by atoms with van der Waals surface area (Å²) >= 11 is 0. The molecule has 0 bridgehead atoms. The number of rotatable bonds is 5. The standard InChI is InChI=1S/C12H18O3/c1-9(2)7-10(13)8-15-12-6-4-3-5-11(12)14/h3-6,9-10,13-14H,7-8H2,1-2H3. The molecule has 0 saturated carbocycles. The van der Waals surface area contributed by atoms with Crippen molar-refractivity contribution in [3.05, 3.63) is 24.3 Å². The molecule has 1 aromatic carbocycles. The summed E-state index contributed by atoms with van der Waals surface area (Å²) in [5.74, 6) is 0.961. The van der Waals surface area contributed by atoms with Crippen LogP contribution in [0.2, 0.25) is 0 Å². The van der Waals surface area contributed by atoms with Gasteiger partial charge in [-0.1, -0.05) is 26.0 Å².